The lowest BCUT2D eigenvalue weighted by molar-refractivity contribution is -0.143. The number of nitrogens with one attached hydrogen (secondary N) is 3. The van der Waals surface area contributed by atoms with E-state index in [0.717, 1.165) is 23.6 Å². The minimum absolute atomic E-state index is 0.0237. The number of ether oxygens (including phenoxy) is 3. The maximum atomic E-state index is 14.7. The molecule has 5 atom stereocenters. The molecular formula is C42H57N7O9S2. The number of amides is 4. The van der Waals surface area contributed by atoms with Gasteiger partial charge in [-0.25, -0.2) is 23.2 Å². The van der Waals surface area contributed by atoms with Gasteiger partial charge in [-0.05, 0) is 88.9 Å². The van der Waals surface area contributed by atoms with E-state index in [-0.39, 0.29) is 25.3 Å². The van der Waals surface area contributed by atoms with Gasteiger partial charge in [0, 0.05) is 36.2 Å². The number of pyridine rings is 1. The molecule has 0 radical (unpaired) electrons. The summed E-state index contributed by atoms with van der Waals surface area (Å²) in [5.74, 6) is -1.81. The van der Waals surface area contributed by atoms with Gasteiger partial charge in [-0.15, -0.1) is 17.9 Å². The first-order valence-electron chi connectivity index (χ1n) is 20.3. The highest BCUT2D eigenvalue weighted by molar-refractivity contribution is 7.91. The number of anilines is 1. The summed E-state index contributed by atoms with van der Waals surface area (Å²) in [6.45, 7) is 19.9. The second-order valence-electron chi connectivity index (χ2n) is 17.7. The van der Waals surface area contributed by atoms with E-state index < -0.39 is 79.7 Å². The molecular weight excluding hydrogens is 811 g/mol. The molecule has 60 heavy (non-hydrogen) atoms. The van der Waals surface area contributed by atoms with Gasteiger partial charge in [0.2, 0.25) is 27.7 Å². The smallest absolute Gasteiger partial charge is 0.408 e. The second kappa shape index (κ2) is 16.8. The summed E-state index contributed by atoms with van der Waals surface area (Å²) in [6, 6.07) is 5.03. The van der Waals surface area contributed by atoms with Crippen LogP contribution < -0.4 is 29.7 Å². The summed E-state index contributed by atoms with van der Waals surface area (Å²) in [6.07, 6.45) is 0.887. The van der Waals surface area contributed by atoms with E-state index in [1.54, 1.807) is 54.7 Å². The molecule has 1 aliphatic heterocycles. The zero-order valence-corrected chi connectivity index (χ0v) is 37.4. The highest BCUT2D eigenvalue weighted by Crippen LogP contribution is 2.46. The van der Waals surface area contributed by atoms with Crippen LogP contribution in [0.5, 0.6) is 11.6 Å². The number of sulfonamides is 1. The van der Waals surface area contributed by atoms with Crippen LogP contribution in [0.1, 0.15) is 81.1 Å². The molecule has 2 aromatic heterocycles. The fourth-order valence-corrected chi connectivity index (χ4v) is 9.68. The van der Waals surface area contributed by atoms with Crippen molar-refractivity contribution < 1.29 is 41.8 Å². The maximum absolute atomic E-state index is 14.7. The van der Waals surface area contributed by atoms with Gasteiger partial charge in [0.15, 0.2) is 5.13 Å². The van der Waals surface area contributed by atoms with Crippen LogP contribution in [0.4, 0.5) is 9.93 Å². The van der Waals surface area contributed by atoms with Crippen molar-refractivity contribution in [1.82, 2.24) is 30.2 Å². The molecule has 2 saturated carbocycles. The molecule has 3 aromatic rings. The number of hydrogen-bond acceptors (Lipinski definition) is 13. The number of carbonyl (C=O) groups is 4. The Balaban J connectivity index is 1.35. The Hall–Kier alpha value is -4.97. The van der Waals surface area contributed by atoms with Gasteiger partial charge in [0.25, 0.3) is 5.91 Å². The Kier molecular flexibility index (Phi) is 12.5. The van der Waals surface area contributed by atoms with E-state index in [1.807, 2.05) is 23.6 Å². The fourth-order valence-electron chi connectivity index (χ4n) is 7.37. The topological polar surface area (TPSA) is 198 Å². The molecule has 0 spiro atoms. The number of hydrogen-bond donors (Lipinski definition) is 3. The van der Waals surface area contributed by atoms with E-state index >= 15 is 0 Å². The van der Waals surface area contributed by atoms with Crippen molar-refractivity contribution in [2.24, 2.45) is 11.3 Å². The van der Waals surface area contributed by atoms with E-state index in [9.17, 15) is 27.6 Å². The number of benzene rings is 1. The molecule has 0 bridgehead atoms. The predicted octanol–water partition coefficient (Wildman–Crippen LogP) is 5.17. The summed E-state index contributed by atoms with van der Waals surface area (Å²) in [7, 11) is -2.35. The molecule has 18 heteroatoms. The second-order valence-corrected chi connectivity index (χ2v) is 20.5. The Morgan fingerprint density at radius 2 is 1.77 bits per heavy atom. The molecule has 6 rings (SSSR count). The fraction of sp³-hybridized carbons (Fsp3) is 0.571. The largest absolute Gasteiger partial charge is 0.497 e. The third-order valence-corrected chi connectivity index (χ3v) is 13.7. The monoisotopic (exact) mass is 867 g/mol. The lowest BCUT2D eigenvalue weighted by Gasteiger charge is -2.36. The van der Waals surface area contributed by atoms with E-state index in [4.69, 9.17) is 24.2 Å². The van der Waals surface area contributed by atoms with Crippen LogP contribution in [0.15, 0.2) is 42.3 Å². The zero-order valence-electron chi connectivity index (χ0n) is 35.8. The first-order chi connectivity index (χ1) is 28.1. The minimum Gasteiger partial charge on any atom is -0.497 e. The molecule has 4 amide bonds. The molecule has 3 aliphatic rings. The summed E-state index contributed by atoms with van der Waals surface area (Å²) < 4.78 is 45.5. The quantitative estimate of drug-likeness (QED) is 0.170. The van der Waals surface area contributed by atoms with Gasteiger partial charge in [-0.3, -0.25) is 19.1 Å². The molecule has 3 heterocycles. The van der Waals surface area contributed by atoms with Gasteiger partial charge in [0.1, 0.15) is 40.8 Å². The third kappa shape index (κ3) is 9.64. The van der Waals surface area contributed by atoms with Gasteiger partial charge in [0.05, 0.1) is 24.6 Å². The number of likely N-dealkylation sites (tertiary alicyclic amines) is 1. The molecule has 2 aliphatic carbocycles. The summed E-state index contributed by atoms with van der Waals surface area (Å²) in [4.78, 5) is 69.3. The summed E-state index contributed by atoms with van der Waals surface area (Å²) in [5.41, 5.74) is -2.09. The van der Waals surface area contributed by atoms with Gasteiger partial charge in [-0.2, -0.15) is 0 Å². The number of nitrogens with zero attached hydrogens (tertiary/aromatic N) is 4. The van der Waals surface area contributed by atoms with Crippen LogP contribution >= 0.6 is 11.3 Å². The number of fused-ring (bicyclic) bond motifs is 1. The van der Waals surface area contributed by atoms with Crippen LogP contribution in [0.25, 0.3) is 22.2 Å². The van der Waals surface area contributed by atoms with Crippen LogP contribution in [-0.4, -0.2) is 108 Å². The molecule has 3 fully saturated rings. The van der Waals surface area contributed by atoms with Crippen molar-refractivity contribution in [3.63, 3.8) is 0 Å². The standard InChI is InChI=1S/C42H57N7O9S2/c1-11-25-21-42(25,37(52)47-60(54,55)28-15-16-28)46-34(50)32-20-27(22-49(32)36(51)33(40(4,5)6)45-39(53)58-41(7,8)9)57-35-29-17-14-26(56-10)18-24(29)19-30(43-35)31-23-59-38(44-31)48(12-2)13-3/h11,14,17-19,23,25,27-28,32-33H,1,12-13,15-16,20-22H2,2-10H3,(H,45,53)(H,46,50)(H,47,52)/t25?,27-,32+,33-,42-/m1/s1. The number of aromatic nitrogens is 2. The molecule has 16 nitrogen and oxygen atoms in total. The highest BCUT2D eigenvalue weighted by atomic mass is 32.2. The predicted molar refractivity (Wildman–Crippen MR) is 229 cm³/mol. The van der Waals surface area contributed by atoms with E-state index in [1.165, 1.54) is 22.3 Å². The van der Waals surface area contributed by atoms with E-state index in [0.29, 0.717) is 35.4 Å². The Labute approximate surface area is 355 Å². The van der Waals surface area contributed by atoms with Gasteiger partial charge in [-0.1, -0.05) is 26.8 Å². The minimum atomic E-state index is -3.93. The van der Waals surface area contributed by atoms with E-state index in [2.05, 4.69) is 40.7 Å². The van der Waals surface area contributed by atoms with Crippen LogP contribution in [0, 0.1) is 11.3 Å². The van der Waals surface area contributed by atoms with Crippen molar-refractivity contribution in [2.45, 2.75) is 116 Å². The van der Waals surface area contributed by atoms with Crippen LogP contribution in [0.2, 0.25) is 0 Å². The average molecular weight is 868 g/mol. The molecule has 3 N–H and O–H groups in total. The Morgan fingerprint density at radius 3 is 2.35 bits per heavy atom. The highest BCUT2D eigenvalue weighted by Gasteiger charge is 2.62. The molecule has 1 saturated heterocycles. The SMILES string of the molecule is C=CC1C[C@]1(NC(=O)[C@@H]1C[C@@H](Oc2nc(-c3csc(N(CC)CC)n3)cc3cc(OC)ccc23)CN1C(=O)[C@@H](NC(=O)OC(C)(C)C)C(C)(C)C)C(=O)NS(=O)(=O)C1CC1. The van der Waals surface area contributed by atoms with Crippen LogP contribution in [0.3, 0.4) is 0 Å². The number of methoxy groups -OCH3 is 1. The molecule has 1 aromatic carbocycles. The zero-order chi connectivity index (χ0) is 43.9. The molecule has 1 unspecified atom stereocenters. The van der Waals surface area contributed by atoms with Crippen molar-refractivity contribution >= 4 is 61.1 Å². The number of rotatable bonds is 15. The van der Waals surface area contributed by atoms with Crippen molar-refractivity contribution in [1.29, 1.82) is 0 Å². The number of carbonyl (C=O) groups excluding carboxylic acids is 4. The summed E-state index contributed by atoms with van der Waals surface area (Å²) >= 11 is 1.51. The van der Waals surface area contributed by atoms with Gasteiger partial charge < -0.3 is 34.6 Å². The first-order valence-corrected chi connectivity index (χ1v) is 22.7. The number of alkyl carbamates (subject to hydrolysis) is 1. The third-order valence-electron chi connectivity index (χ3n) is 10.9. The lowest BCUT2D eigenvalue weighted by Crippen LogP contribution is -2.60. The van der Waals surface area contributed by atoms with Crippen LogP contribution in [-0.2, 0) is 29.1 Å². The summed E-state index contributed by atoms with van der Waals surface area (Å²) in [5, 5.41) is 9.09. The first kappa shape index (κ1) is 44.6. The normalized spacial score (nSPS) is 22.1. The lowest BCUT2D eigenvalue weighted by atomic mass is 9.85. The van der Waals surface area contributed by atoms with Gasteiger partial charge >= 0.3 is 6.09 Å². The van der Waals surface area contributed by atoms with Crippen molar-refractivity contribution in [3.05, 3.63) is 42.3 Å². The number of thiazole rings is 1. The average Bonchev–Trinajstić information content (AvgIpc) is 4.06. The van der Waals surface area contributed by atoms with Crippen molar-refractivity contribution in [2.75, 3.05) is 31.6 Å². The Morgan fingerprint density at radius 1 is 1.07 bits per heavy atom. The molecule has 326 valence electrons. The van der Waals surface area contributed by atoms with Crippen molar-refractivity contribution in [3.8, 4) is 23.0 Å². The maximum Gasteiger partial charge on any atom is 0.408 e. The Bertz CT molecular complexity index is 2260.